The van der Waals surface area contributed by atoms with Gasteiger partial charge in [-0.15, -0.1) is 0 Å². The number of carbonyl (C=O) groups is 3. The van der Waals surface area contributed by atoms with Crippen molar-refractivity contribution in [2.45, 2.75) is 13.8 Å². The lowest BCUT2D eigenvalue weighted by Crippen LogP contribution is -2.35. The van der Waals surface area contributed by atoms with Gasteiger partial charge in [-0.25, -0.2) is 4.79 Å². The molecule has 0 atom stereocenters. The van der Waals surface area contributed by atoms with Crippen molar-refractivity contribution in [2.75, 3.05) is 18.5 Å². The Morgan fingerprint density at radius 2 is 1.77 bits per heavy atom. The molecule has 2 amide bonds. The highest BCUT2D eigenvalue weighted by molar-refractivity contribution is 5.96. The maximum Gasteiger partial charge on any atom is 0.356 e. The summed E-state index contributed by atoms with van der Waals surface area (Å²) in [5.41, 5.74) is 4.28. The molecular formula is C22H22N4O4. The summed E-state index contributed by atoms with van der Waals surface area (Å²) >= 11 is 0. The molecule has 0 saturated carbocycles. The van der Waals surface area contributed by atoms with Crippen molar-refractivity contribution in [3.05, 3.63) is 71.4 Å². The Morgan fingerprint density at radius 1 is 1.00 bits per heavy atom. The summed E-state index contributed by atoms with van der Waals surface area (Å²) in [6, 6.07) is 16.5. The standard InChI is InChI=1S/C22H22N4O4/c1-14-7-6-10-17(15(14)2)24-20(27)12-23-21(28)13-30-22(29)19-11-18(25-26-19)16-8-4-3-5-9-16/h3-11H,12-13H2,1-2H3,(H,23,28)(H,24,27)(H,25,26). The molecule has 0 spiro atoms. The summed E-state index contributed by atoms with van der Waals surface area (Å²) in [5.74, 6) is -1.66. The van der Waals surface area contributed by atoms with Gasteiger partial charge in [-0.1, -0.05) is 42.5 Å². The van der Waals surface area contributed by atoms with Crippen LogP contribution in [-0.2, 0) is 14.3 Å². The fourth-order valence-electron chi connectivity index (χ4n) is 2.70. The molecule has 8 nitrogen and oxygen atoms in total. The van der Waals surface area contributed by atoms with E-state index in [-0.39, 0.29) is 18.1 Å². The monoisotopic (exact) mass is 406 g/mol. The van der Waals surface area contributed by atoms with Crippen molar-refractivity contribution < 1.29 is 19.1 Å². The molecule has 0 aliphatic rings. The number of aromatic nitrogens is 2. The summed E-state index contributed by atoms with van der Waals surface area (Å²) in [5, 5.41) is 11.8. The predicted octanol–water partition coefficient (Wildman–Crippen LogP) is 2.61. The first-order valence-electron chi connectivity index (χ1n) is 9.35. The molecule has 0 aliphatic carbocycles. The number of esters is 1. The fourth-order valence-corrected chi connectivity index (χ4v) is 2.70. The molecule has 1 aromatic heterocycles. The van der Waals surface area contributed by atoms with Crippen LogP contribution in [0.25, 0.3) is 11.3 Å². The van der Waals surface area contributed by atoms with E-state index in [0.29, 0.717) is 11.4 Å². The van der Waals surface area contributed by atoms with E-state index in [9.17, 15) is 14.4 Å². The molecule has 0 aliphatic heterocycles. The molecule has 0 radical (unpaired) electrons. The lowest BCUT2D eigenvalue weighted by atomic mass is 10.1. The zero-order chi connectivity index (χ0) is 21.5. The van der Waals surface area contributed by atoms with Gasteiger partial charge in [0.1, 0.15) is 5.69 Å². The number of anilines is 1. The average molecular weight is 406 g/mol. The van der Waals surface area contributed by atoms with Crippen LogP contribution in [-0.4, -0.2) is 41.1 Å². The van der Waals surface area contributed by atoms with Gasteiger partial charge in [-0.2, -0.15) is 5.10 Å². The summed E-state index contributed by atoms with van der Waals surface area (Å²) in [6.45, 7) is 3.12. The van der Waals surface area contributed by atoms with Gasteiger partial charge in [0.05, 0.1) is 12.2 Å². The fraction of sp³-hybridized carbons (Fsp3) is 0.182. The molecular weight excluding hydrogens is 384 g/mol. The minimum atomic E-state index is -0.709. The second-order valence-corrected chi connectivity index (χ2v) is 6.68. The number of aryl methyl sites for hydroxylation is 1. The number of rotatable bonds is 7. The third kappa shape index (κ3) is 5.32. The van der Waals surface area contributed by atoms with Crippen molar-refractivity contribution in [3.63, 3.8) is 0 Å². The number of carbonyl (C=O) groups excluding carboxylic acids is 3. The van der Waals surface area contributed by atoms with Crippen LogP contribution in [0.4, 0.5) is 5.69 Å². The third-order valence-corrected chi connectivity index (χ3v) is 4.53. The van der Waals surface area contributed by atoms with Crippen LogP contribution in [0.15, 0.2) is 54.6 Å². The van der Waals surface area contributed by atoms with Crippen LogP contribution in [0, 0.1) is 13.8 Å². The molecule has 2 aromatic carbocycles. The minimum Gasteiger partial charge on any atom is -0.451 e. The number of amides is 2. The summed E-state index contributed by atoms with van der Waals surface area (Å²) in [4.78, 5) is 36.0. The Kier molecular flexibility index (Phi) is 6.59. The smallest absolute Gasteiger partial charge is 0.356 e. The molecule has 0 unspecified atom stereocenters. The lowest BCUT2D eigenvalue weighted by Gasteiger charge is -2.11. The van der Waals surface area contributed by atoms with E-state index in [0.717, 1.165) is 16.7 Å². The van der Waals surface area contributed by atoms with Gasteiger partial charge in [0, 0.05) is 11.3 Å². The molecule has 3 N–H and O–H groups in total. The third-order valence-electron chi connectivity index (χ3n) is 4.53. The van der Waals surface area contributed by atoms with Crippen LogP contribution in [0.5, 0.6) is 0 Å². The van der Waals surface area contributed by atoms with Crippen LogP contribution in [0.3, 0.4) is 0 Å². The molecule has 3 rings (SSSR count). The van der Waals surface area contributed by atoms with Gasteiger partial charge >= 0.3 is 5.97 Å². The quantitative estimate of drug-likeness (QED) is 0.522. The second-order valence-electron chi connectivity index (χ2n) is 6.68. The van der Waals surface area contributed by atoms with Crippen LogP contribution in [0.2, 0.25) is 0 Å². The van der Waals surface area contributed by atoms with Crippen molar-refractivity contribution in [3.8, 4) is 11.3 Å². The summed E-state index contributed by atoms with van der Waals surface area (Å²) < 4.78 is 4.97. The highest BCUT2D eigenvalue weighted by atomic mass is 16.5. The number of nitrogens with zero attached hydrogens (tertiary/aromatic N) is 1. The Morgan fingerprint density at radius 3 is 2.53 bits per heavy atom. The zero-order valence-electron chi connectivity index (χ0n) is 16.7. The Bertz CT molecular complexity index is 1060. The maximum absolute atomic E-state index is 12.1. The van der Waals surface area contributed by atoms with Crippen LogP contribution in [0.1, 0.15) is 21.6 Å². The first-order valence-corrected chi connectivity index (χ1v) is 9.35. The van der Waals surface area contributed by atoms with E-state index in [2.05, 4.69) is 20.8 Å². The van der Waals surface area contributed by atoms with E-state index in [4.69, 9.17) is 4.74 Å². The number of benzene rings is 2. The van der Waals surface area contributed by atoms with E-state index in [1.54, 1.807) is 12.1 Å². The molecule has 0 bridgehead atoms. The van der Waals surface area contributed by atoms with Crippen molar-refractivity contribution >= 4 is 23.5 Å². The lowest BCUT2D eigenvalue weighted by molar-refractivity contribution is -0.126. The van der Waals surface area contributed by atoms with Gasteiger partial charge in [0.25, 0.3) is 5.91 Å². The molecule has 30 heavy (non-hydrogen) atoms. The van der Waals surface area contributed by atoms with Gasteiger partial charge in [0.15, 0.2) is 6.61 Å². The van der Waals surface area contributed by atoms with Gasteiger partial charge in [-0.05, 0) is 37.1 Å². The van der Waals surface area contributed by atoms with E-state index < -0.39 is 18.5 Å². The van der Waals surface area contributed by atoms with Crippen molar-refractivity contribution in [1.82, 2.24) is 15.5 Å². The molecule has 0 saturated heterocycles. The average Bonchev–Trinajstić information content (AvgIpc) is 3.25. The Labute approximate surface area is 173 Å². The number of hydrogen-bond donors (Lipinski definition) is 3. The maximum atomic E-state index is 12.1. The molecule has 0 fully saturated rings. The number of nitrogens with one attached hydrogen (secondary N) is 3. The SMILES string of the molecule is Cc1cccc(NC(=O)CNC(=O)COC(=O)c2cc(-c3ccccc3)n[nH]2)c1C. The number of ether oxygens (including phenoxy) is 1. The first kappa shape index (κ1) is 20.8. The molecule has 3 aromatic rings. The van der Waals surface area contributed by atoms with E-state index >= 15 is 0 Å². The topological polar surface area (TPSA) is 113 Å². The van der Waals surface area contributed by atoms with E-state index in [1.807, 2.05) is 56.3 Å². The number of hydrogen-bond acceptors (Lipinski definition) is 5. The van der Waals surface area contributed by atoms with Crippen molar-refractivity contribution in [2.24, 2.45) is 0 Å². The van der Waals surface area contributed by atoms with Gasteiger partial charge in [0.2, 0.25) is 5.91 Å². The number of H-pyrrole nitrogens is 1. The van der Waals surface area contributed by atoms with Crippen LogP contribution < -0.4 is 10.6 Å². The van der Waals surface area contributed by atoms with Crippen molar-refractivity contribution in [1.29, 1.82) is 0 Å². The number of aromatic amines is 1. The Hall–Kier alpha value is -3.94. The zero-order valence-corrected chi connectivity index (χ0v) is 16.7. The molecule has 8 heteroatoms. The highest BCUT2D eigenvalue weighted by Crippen LogP contribution is 2.18. The summed E-state index contributed by atoms with van der Waals surface area (Å²) in [6.07, 6.45) is 0. The largest absolute Gasteiger partial charge is 0.451 e. The molecule has 1 heterocycles. The Balaban J connectivity index is 1.44. The first-order chi connectivity index (χ1) is 14.4. The normalized spacial score (nSPS) is 10.3. The minimum absolute atomic E-state index is 0.134. The second kappa shape index (κ2) is 9.51. The summed E-state index contributed by atoms with van der Waals surface area (Å²) in [7, 11) is 0. The van der Waals surface area contributed by atoms with Crippen LogP contribution >= 0.6 is 0 Å². The van der Waals surface area contributed by atoms with E-state index in [1.165, 1.54) is 0 Å². The van der Waals surface area contributed by atoms with Gasteiger partial charge in [-0.3, -0.25) is 14.7 Å². The van der Waals surface area contributed by atoms with Gasteiger partial charge < -0.3 is 15.4 Å². The molecule has 154 valence electrons. The highest BCUT2D eigenvalue weighted by Gasteiger charge is 2.15. The predicted molar refractivity (Wildman–Crippen MR) is 112 cm³/mol.